The van der Waals surface area contributed by atoms with Gasteiger partial charge in [-0.1, -0.05) is 20.8 Å². The van der Waals surface area contributed by atoms with Gasteiger partial charge in [-0.3, -0.25) is 0 Å². The van der Waals surface area contributed by atoms with E-state index in [1.165, 1.54) is 19.3 Å². The second-order valence-electron chi connectivity index (χ2n) is 7.78. The number of aliphatic hydroxyl groups is 1. The Balaban J connectivity index is 1.92. The Morgan fingerprint density at radius 2 is 2.05 bits per heavy atom. The molecule has 3 nitrogen and oxygen atoms in total. The third-order valence-electron chi connectivity index (χ3n) is 6.37. The van der Waals surface area contributed by atoms with Crippen molar-refractivity contribution < 1.29 is 9.84 Å². The highest BCUT2D eigenvalue weighted by Gasteiger charge is 2.61. The van der Waals surface area contributed by atoms with Crippen LogP contribution in [-0.4, -0.2) is 37.0 Å². The monoisotopic (exact) mass is 269 g/mol. The van der Waals surface area contributed by atoms with E-state index in [0.29, 0.717) is 36.4 Å². The van der Waals surface area contributed by atoms with Crippen molar-refractivity contribution in [3.63, 3.8) is 0 Å². The molecule has 0 aromatic carbocycles. The molecule has 4 atom stereocenters. The van der Waals surface area contributed by atoms with Gasteiger partial charge in [0.15, 0.2) is 0 Å². The lowest BCUT2D eigenvalue weighted by Gasteiger charge is -2.40. The molecule has 2 saturated carbocycles. The number of ether oxygens (including phenoxy) is 1. The van der Waals surface area contributed by atoms with Gasteiger partial charge < -0.3 is 15.2 Å². The summed E-state index contributed by atoms with van der Waals surface area (Å²) in [7, 11) is 1.68. The number of fused-ring (bicyclic) bond motifs is 2. The fourth-order valence-electron chi connectivity index (χ4n) is 4.27. The second kappa shape index (κ2) is 5.01. The summed E-state index contributed by atoms with van der Waals surface area (Å²) in [5, 5.41) is 14.0. The lowest BCUT2D eigenvalue weighted by molar-refractivity contribution is 0.0156. The van der Waals surface area contributed by atoms with Gasteiger partial charge in [-0.25, -0.2) is 0 Å². The molecule has 0 aromatic heterocycles. The van der Waals surface area contributed by atoms with Crippen LogP contribution in [0.2, 0.25) is 0 Å². The van der Waals surface area contributed by atoms with Crippen LogP contribution in [0.3, 0.4) is 0 Å². The van der Waals surface area contributed by atoms with Crippen LogP contribution >= 0.6 is 0 Å². The molecule has 0 radical (unpaired) electrons. The van der Waals surface area contributed by atoms with E-state index in [-0.39, 0.29) is 0 Å². The van der Waals surface area contributed by atoms with Crippen LogP contribution in [0.25, 0.3) is 0 Å². The summed E-state index contributed by atoms with van der Waals surface area (Å²) in [6.45, 7) is 10.5. The zero-order valence-electron chi connectivity index (χ0n) is 13.3. The molecule has 2 N–H and O–H groups in total. The first-order chi connectivity index (χ1) is 8.73. The maximum absolute atomic E-state index is 10.3. The van der Waals surface area contributed by atoms with Gasteiger partial charge in [0.25, 0.3) is 0 Å². The molecule has 0 saturated heterocycles. The molecule has 3 heteroatoms. The van der Waals surface area contributed by atoms with Crippen molar-refractivity contribution in [2.45, 2.75) is 65.0 Å². The zero-order chi connectivity index (χ0) is 14.3. The molecule has 2 fully saturated rings. The number of rotatable bonds is 6. The summed E-state index contributed by atoms with van der Waals surface area (Å²) in [5.74, 6) is 0.846. The largest absolute Gasteiger partial charge is 0.389 e. The van der Waals surface area contributed by atoms with Gasteiger partial charge in [0.2, 0.25) is 0 Å². The molecular weight excluding hydrogens is 238 g/mol. The summed E-state index contributed by atoms with van der Waals surface area (Å²) in [4.78, 5) is 0. The standard InChI is InChI=1S/C16H31NO2/c1-14(2)12-6-7-16(14,4)13(10-12)17-11-15(3,18)8-9-19-5/h12-13,17-18H,6-11H2,1-5H3. The van der Waals surface area contributed by atoms with Gasteiger partial charge in [-0.2, -0.15) is 0 Å². The second-order valence-corrected chi connectivity index (χ2v) is 7.78. The summed E-state index contributed by atoms with van der Waals surface area (Å²) in [6, 6.07) is 0.551. The van der Waals surface area contributed by atoms with Gasteiger partial charge in [0, 0.05) is 32.7 Å². The van der Waals surface area contributed by atoms with Crippen LogP contribution in [0.15, 0.2) is 0 Å². The topological polar surface area (TPSA) is 41.5 Å². The predicted octanol–water partition coefficient (Wildman–Crippen LogP) is 2.58. The summed E-state index contributed by atoms with van der Waals surface area (Å²) < 4.78 is 5.06. The molecule has 0 amide bonds. The zero-order valence-corrected chi connectivity index (χ0v) is 13.3. The minimum atomic E-state index is -0.668. The lowest BCUT2D eigenvalue weighted by atomic mass is 9.69. The minimum Gasteiger partial charge on any atom is -0.389 e. The van der Waals surface area contributed by atoms with Crippen LogP contribution in [-0.2, 0) is 4.74 Å². The van der Waals surface area contributed by atoms with E-state index in [4.69, 9.17) is 4.74 Å². The summed E-state index contributed by atoms with van der Waals surface area (Å²) in [5.41, 5.74) is 0.149. The number of hydrogen-bond donors (Lipinski definition) is 2. The average Bonchev–Trinajstić information content (AvgIpc) is 2.66. The lowest BCUT2D eigenvalue weighted by Crippen LogP contribution is -2.49. The fourth-order valence-corrected chi connectivity index (χ4v) is 4.27. The maximum atomic E-state index is 10.3. The molecule has 2 bridgehead atoms. The van der Waals surface area contributed by atoms with Gasteiger partial charge >= 0.3 is 0 Å². The van der Waals surface area contributed by atoms with Crippen LogP contribution in [0.5, 0.6) is 0 Å². The van der Waals surface area contributed by atoms with E-state index in [1.807, 2.05) is 6.92 Å². The van der Waals surface area contributed by atoms with Gasteiger partial charge in [0.05, 0.1) is 5.60 Å². The van der Waals surface area contributed by atoms with E-state index < -0.39 is 5.60 Å². The van der Waals surface area contributed by atoms with Crippen LogP contribution in [0.4, 0.5) is 0 Å². The van der Waals surface area contributed by atoms with Crippen molar-refractivity contribution in [1.82, 2.24) is 5.32 Å². The molecule has 4 unspecified atom stereocenters. The molecular formula is C16H31NO2. The van der Waals surface area contributed by atoms with Crippen LogP contribution in [0.1, 0.15) is 53.4 Å². The van der Waals surface area contributed by atoms with Crippen molar-refractivity contribution in [3.8, 4) is 0 Å². The van der Waals surface area contributed by atoms with Crippen LogP contribution in [0, 0.1) is 16.7 Å². The van der Waals surface area contributed by atoms with Crippen molar-refractivity contribution in [3.05, 3.63) is 0 Å². The van der Waals surface area contributed by atoms with Crippen molar-refractivity contribution in [1.29, 1.82) is 0 Å². The van der Waals surface area contributed by atoms with E-state index in [0.717, 1.165) is 5.92 Å². The number of nitrogens with one attached hydrogen (secondary N) is 1. The van der Waals surface area contributed by atoms with Crippen molar-refractivity contribution in [2.75, 3.05) is 20.3 Å². The minimum absolute atomic E-state index is 0.384. The highest BCUT2D eigenvalue weighted by atomic mass is 16.5. The molecule has 2 aliphatic carbocycles. The van der Waals surface area contributed by atoms with E-state index >= 15 is 0 Å². The molecule has 0 aromatic rings. The molecule has 19 heavy (non-hydrogen) atoms. The highest BCUT2D eigenvalue weighted by molar-refractivity contribution is 5.13. The van der Waals surface area contributed by atoms with Gasteiger partial charge in [-0.05, 0) is 42.9 Å². The van der Waals surface area contributed by atoms with Crippen molar-refractivity contribution in [2.24, 2.45) is 16.7 Å². The average molecular weight is 269 g/mol. The Morgan fingerprint density at radius 1 is 1.37 bits per heavy atom. The molecule has 0 heterocycles. The third kappa shape index (κ3) is 2.57. The van der Waals surface area contributed by atoms with E-state index in [9.17, 15) is 5.11 Å². The maximum Gasteiger partial charge on any atom is 0.0765 e. The Kier molecular flexibility index (Phi) is 4.03. The predicted molar refractivity (Wildman–Crippen MR) is 78.1 cm³/mol. The molecule has 0 aliphatic heterocycles. The van der Waals surface area contributed by atoms with Gasteiger partial charge in [-0.15, -0.1) is 0 Å². The first-order valence-corrected chi connectivity index (χ1v) is 7.68. The van der Waals surface area contributed by atoms with E-state index in [1.54, 1.807) is 7.11 Å². The third-order valence-corrected chi connectivity index (χ3v) is 6.37. The normalized spacial score (nSPS) is 39.5. The number of methoxy groups -OCH3 is 1. The van der Waals surface area contributed by atoms with E-state index in [2.05, 4.69) is 26.1 Å². The SMILES string of the molecule is COCCC(C)(O)CNC1CC2CCC1(C)C2(C)C. The highest BCUT2D eigenvalue weighted by Crippen LogP contribution is 2.65. The molecule has 0 spiro atoms. The Bertz CT molecular complexity index is 327. The Hall–Kier alpha value is -0.120. The van der Waals surface area contributed by atoms with Crippen LogP contribution < -0.4 is 5.32 Å². The summed E-state index contributed by atoms with van der Waals surface area (Å²) >= 11 is 0. The number of hydrogen-bond acceptors (Lipinski definition) is 3. The molecule has 2 aliphatic rings. The first kappa shape index (κ1) is 15.3. The fraction of sp³-hybridized carbons (Fsp3) is 1.00. The summed E-state index contributed by atoms with van der Waals surface area (Å²) in [6.07, 6.45) is 4.65. The van der Waals surface area contributed by atoms with Crippen molar-refractivity contribution >= 4 is 0 Å². The van der Waals surface area contributed by atoms with Gasteiger partial charge in [0.1, 0.15) is 0 Å². The first-order valence-electron chi connectivity index (χ1n) is 7.68. The Labute approximate surface area is 118 Å². The quantitative estimate of drug-likeness (QED) is 0.779. The molecule has 112 valence electrons. The Morgan fingerprint density at radius 3 is 2.53 bits per heavy atom. The molecule has 2 rings (SSSR count). The smallest absolute Gasteiger partial charge is 0.0765 e.